The molecule has 0 saturated heterocycles. The number of rotatable bonds is 11. The maximum absolute atomic E-state index is 15.4. The van der Waals surface area contributed by atoms with Gasteiger partial charge in [0.25, 0.3) is 5.91 Å². The van der Waals surface area contributed by atoms with E-state index in [0.29, 0.717) is 35.7 Å². The first-order chi connectivity index (χ1) is 14.4. The van der Waals surface area contributed by atoms with Crippen LogP contribution in [-0.2, 0) is 16.6 Å². The number of amides is 1. The van der Waals surface area contributed by atoms with Crippen molar-refractivity contribution in [2.75, 3.05) is 25.6 Å². The quantitative estimate of drug-likeness (QED) is 0.236. The fraction of sp³-hybridized carbons (Fsp3) is 0.333. The second-order valence-electron chi connectivity index (χ2n) is 6.34. The molecule has 0 saturated carbocycles. The molecule has 7 nitrogen and oxygen atoms in total. The number of hydrogen-bond donors (Lipinski definition) is 2. The molecule has 162 valence electrons. The number of halogens is 2. The van der Waals surface area contributed by atoms with Crippen molar-refractivity contribution >= 4 is 34.2 Å². The second kappa shape index (κ2) is 11.5. The molecular weight excluding hydrogens is 411 g/mol. The van der Waals surface area contributed by atoms with Gasteiger partial charge in [0.2, 0.25) is 0 Å². The SMILES string of the molecule is C=CC/C=C(Nc1c(C(=O)NOCCOC)cc2c(ncn2C)c1F)\C(Cl)=C/CC. The minimum Gasteiger partial charge on any atom is -0.382 e. The van der Waals surface area contributed by atoms with Crippen LogP contribution < -0.4 is 10.8 Å². The average molecular weight is 437 g/mol. The first-order valence-corrected chi connectivity index (χ1v) is 9.81. The summed E-state index contributed by atoms with van der Waals surface area (Å²) in [6, 6.07) is 1.55. The Balaban J connectivity index is 2.52. The average Bonchev–Trinajstić information content (AvgIpc) is 3.10. The number of hydroxylamine groups is 1. The number of benzene rings is 1. The summed E-state index contributed by atoms with van der Waals surface area (Å²) >= 11 is 6.37. The highest BCUT2D eigenvalue weighted by molar-refractivity contribution is 6.32. The highest BCUT2D eigenvalue weighted by atomic mass is 35.5. The van der Waals surface area contributed by atoms with Crippen LogP contribution in [0.5, 0.6) is 0 Å². The molecule has 0 spiro atoms. The molecule has 0 aliphatic rings. The third-order valence-corrected chi connectivity index (χ3v) is 4.51. The Kier molecular flexibility index (Phi) is 9.04. The maximum atomic E-state index is 15.4. The Labute approximate surface area is 180 Å². The van der Waals surface area contributed by atoms with Gasteiger partial charge in [0, 0.05) is 14.2 Å². The Hall–Kier alpha value is -2.68. The molecule has 0 radical (unpaired) electrons. The third-order valence-electron chi connectivity index (χ3n) is 4.15. The van der Waals surface area contributed by atoms with Crippen molar-refractivity contribution < 1.29 is 18.8 Å². The lowest BCUT2D eigenvalue weighted by molar-refractivity contribution is 0.00893. The molecule has 2 N–H and O–H groups in total. The fourth-order valence-corrected chi connectivity index (χ4v) is 2.93. The molecule has 0 bridgehead atoms. The van der Waals surface area contributed by atoms with E-state index in [1.807, 2.05) is 6.92 Å². The van der Waals surface area contributed by atoms with Crippen LogP contribution in [0, 0.1) is 5.82 Å². The summed E-state index contributed by atoms with van der Waals surface area (Å²) in [5.74, 6) is -1.28. The summed E-state index contributed by atoms with van der Waals surface area (Å²) in [6.45, 7) is 6.07. The summed E-state index contributed by atoms with van der Waals surface area (Å²) in [4.78, 5) is 22.0. The second-order valence-corrected chi connectivity index (χ2v) is 6.74. The molecule has 1 aromatic heterocycles. The van der Waals surface area contributed by atoms with Crippen molar-refractivity contribution in [3.8, 4) is 0 Å². The van der Waals surface area contributed by atoms with E-state index in [-0.39, 0.29) is 23.4 Å². The highest BCUT2D eigenvalue weighted by Gasteiger charge is 2.22. The molecule has 0 fully saturated rings. The number of imidazole rings is 1. The largest absolute Gasteiger partial charge is 0.382 e. The molecule has 2 aromatic rings. The number of nitrogens with zero attached hydrogens (tertiary/aromatic N) is 2. The summed E-state index contributed by atoms with van der Waals surface area (Å²) in [5, 5.41) is 3.37. The number of carbonyl (C=O) groups excluding carboxylic acids is 1. The van der Waals surface area contributed by atoms with Gasteiger partial charge in [0.1, 0.15) is 5.52 Å². The van der Waals surface area contributed by atoms with Gasteiger partial charge in [-0.1, -0.05) is 36.8 Å². The van der Waals surface area contributed by atoms with Crippen molar-refractivity contribution in [3.05, 3.63) is 59.3 Å². The number of aromatic nitrogens is 2. The van der Waals surface area contributed by atoms with Crippen molar-refractivity contribution in [1.29, 1.82) is 0 Å². The van der Waals surface area contributed by atoms with E-state index in [2.05, 4.69) is 22.4 Å². The topological polar surface area (TPSA) is 77.4 Å². The van der Waals surface area contributed by atoms with E-state index < -0.39 is 11.7 Å². The van der Waals surface area contributed by atoms with Gasteiger partial charge < -0.3 is 14.6 Å². The van der Waals surface area contributed by atoms with Crippen LogP contribution >= 0.6 is 11.6 Å². The molecule has 0 unspecified atom stereocenters. The molecule has 1 aromatic carbocycles. The summed E-state index contributed by atoms with van der Waals surface area (Å²) in [7, 11) is 3.23. The number of ether oxygens (including phenoxy) is 1. The molecule has 2 rings (SSSR count). The van der Waals surface area contributed by atoms with Gasteiger partial charge in [-0.05, 0) is 18.9 Å². The van der Waals surface area contributed by atoms with E-state index in [4.69, 9.17) is 21.2 Å². The van der Waals surface area contributed by atoms with E-state index in [1.54, 1.807) is 35.9 Å². The Morgan fingerprint density at radius 2 is 2.17 bits per heavy atom. The van der Waals surface area contributed by atoms with Crippen LogP contribution in [0.2, 0.25) is 0 Å². The van der Waals surface area contributed by atoms with Crippen molar-refractivity contribution in [2.24, 2.45) is 7.05 Å². The normalized spacial score (nSPS) is 12.3. The zero-order chi connectivity index (χ0) is 22.1. The predicted octanol–water partition coefficient (Wildman–Crippen LogP) is 4.42. The maximum Gasteiger partial charge on any atom is 0.277 e. The Morgan fingerprint density at radius 3 is 2.83 bits per heavy atom. The molecule has 1 heterocycles. The van der Waals surface area contributed by atoms with Crippen molar-refractivity contribution in [3.63, 3.8) is 0 Å². The fourth-order valence-electron chi connectivity index (χ4n) is 2.66. The van der Waals surface area contributed by atoms with Crippen molar-refractivity contribution in [1.82, 2.24) is 15.0 Å². The Morgan fingerprint density at radius 1 is 1.40 bits per heavy atom. The molecular formula is C21H26ClFN4O3. The Bertz CT molecular complexity index is 969. The number of anilines is 1. The van der Waals surface area contributed by atoms with Gasteiger partial charge in [-0.2, -0.15) is 0 Å². The number of hydrogen-bond acceptors (Lipinski definition) is 5. The van der Waals surface area contributed by atoms with E-state index in [0.717, 1.165) is 0 Å². The summed E-state index contributed by atoms with van der Waals surface area (Å²) in [6.07, 6.45) is 7.91. The van der Waals surface area contributed by atoms with Crippen LogP contribution in [0.4, 0.5) is 10.1 Å². The van der Waals surface area contributed by atoms with E-state index in [1.165, 1.54) is 13.4 Å². The number of allylic oxidation sites excluding steroid dienone is 4. The first kappa shape index (κ1) is 23.6. The minimum absolute atomic E-state index is 0.0477. The standard InChI is InChI=1S/C21H26ClFN4O3/c1-5-7-9-16(15(22)8-6-2)25-19-14(21(28)26-30-11-10-29-4)12-17-20(18(19)23)24-13-27(17)3/h5,8-9,12-13,25H,1,6-7,10-11H2,2-4H3,(H,26,28)/b15-8+,16-9+. The highest BCUT2D eigenvalue weighted by Crippen LogP contribution is 2.31. The molecule has 1 amide bonds. The monoisotopic (exact) mass is 436 g/mol. The number of methoxy groups -OCH3 is 1. The zero-order valence-corrected chi connectivity index (χ0v) is 18.1. The van der Waals surface area contributed by atoms with Crippen LogP contribution in [0.3, 0.4) is 0 Å². The zero-order valence-electron chi connectivity index (χ0n) is 17.3. The van der Waals surface area contributed by atoms with Gasteiger partial charge in [0.15, 0.2) is 5.82 Å². The molecule has 0 aliphatic heterocycles. The number of fused-ring (bicyclic) bond motifs is 1. The number of carbonyl (C=O) groups is 1. The van der Waals surface area contributed by atoms with Crippen LogP contribution in [-0.4, -0.2) is 35.8 Å². The molecule has 30 heavy (non-hydrogen) atoms. The van der Waals surface area contributed by atoms with Gasteiger partial charge in [-0.3, -0.25) is 9.63 Å². The van der Waals surface area contributed by atoms with Gasteiger partial charge in [-0.15, -0.1) is 6.58 Å². The lowest BCUT2D eigenvalue weighted by Gasteiger charge is -2.16. The summed E-state index contributed by atoms with van der Waals surface area (Å²) < 4.78 is 21.9. The van der Waals surface area contributed by atoms with Gasteiger partial charge in [-0.25, -0.2) is 14.9 Å². The number of aryl methyl sites for hydroxylation is 1. The number of nitrogens with one attached hydrogen (secondary N) is 2. The lowest BCUT2D eigenvalue weighted by Crippen LogP contribution is -2.26. The van der Waals surface area contributed by atoms with Gasteiger partial charge in [0.05, 0.1) is 47.0 Å². The minimum atomic E-state index is -0.666. The molecule has 0 aliphatic carbocycles. The smallest absolute Gasteiger partial charge is 0.277 e. The predicted molar refractivity (Wildman–Crippen MR) is 117 cm³/mol. The molecule has 9 heteroatoms. The van der Waals surface area contributed by atoms with E-state index >= 15 is 4.39 Å². The third kappa shape index (κ3) is 5.69. The van der Waals surface area contributed by atoms with Crippen LogP contribution in [0.25, 0.3) is 11.0 Å². The van der Waals surface area contributed by atoms with Crippen LogP contribution in [0.1, 0.15) is 30.1 Å². The van der Waals surface area contributed by atoms with Gasteiger partial charge >= 0.3 is 0 Å². The van der Waals surface area contributed by atoms with Crippen molar-refractivity contribution in [2.45, 2.75) is 19.8 Å². The van der Waals surface area contributed by atoms with Crippen LogP contribution in [0.15, 0.2) is 47.9 Å². The summed E-state index contributed by atoms with van der Waals surface area (Å²) in [5.41, 5.74) is 3.37. The molecule has 0 atom stereocenters. The first-order valence-electron chi connectivity index (χ1n) is 9.43. The lowest BCUT2D eigenvalue weighted by atomic mass is 10.1. The van der Waals surface area contributed by atoms with E-state index in [9.17, 15) is 4.79 Å².